The van der Waals surface area contributed by atoms with Crippen molar-refractivity contribution in [3.8, 4) is 11.8 Å². The number of hydrogen-bond acceptors (Lipinski definition) is 1. The summed E-state index contributed by atoms with van der Waals surface area (Å²) in [5, 5.41) is 0. The largest absolute Gasteiger partial charge is 0.303 e. The molecule has 86 valence electrons. The van der Waals surface area contributed by atoms with Crippen molar-refractivity contribution in [2.75, 3.05) is 19.6 Å². The maximum Gasteiger partial charge on any atom is 0.0118 e. The molecule has 1 aliphatic rings. The fourth-order valence-corrected chi connectivity index (χ4v) is 2.14. The topological polar surface area (TPSA) is 3.24 Å². The molecule has 0 spiro atoms. The average Bonchev–Trinajstić information content (AvgIpc) is 2.28. The number of piperidine rings is 1. The molecule has 0 unspecified atom stereocenters. The first-order valence-corrected chi connectivity index (χ1v) is 6.54. The molecule has 0 bridgehead atoms. The van der Waals surface area contributed by atoms with E-state index in [9.17, 15) is 0 Å². The summed E-state index contributed by atoms with van der Waals surface area (Å²) in [6, 6.07) is 0. The predicted molar refractivity (Wildman–Crippen MR) is 66.8 cm³/mol. The highest BCUT2D eigenvalue weighted by Crippen LogP contribution is 2.20. The van der Waals surface area contributed by atoms with E-state index >= 15 is 0 Å². The molecule has 0 aromatic heterocycles. The van der Waals surface area contributed by atoms with Gasteiger partial charge in [-0.05, 0) is 44.8 Å². The molecule has 0 aromatic carbocycles. The van der Waals surface area contributed by atoms with Crippen molar-refractivity contribution in [1.82, 2.24) is 4.90 Å². The Bertz CT molecular complexity index is 203. The third-order valence-electron chi connectivity index (χ3n) is 3.23. The third kappa shape index (κ3) is 5.23. The zero-order valence-corrected chi connectivity index (χ0v) is 10.4. The molecule has 0 amide bonds. The Labute approximate surface area is 95.2 Å². The lowest BCUT2D eigenvalue weighted by atomic mass is 9.93. The fourth-order valence-electron chi connectivity index (χ4n) is 2.14. The van der Waals surface area contributed by atoms with E-state index in [4.69, 9.17) is 0 Å². The van der Waals surface area contributed by atoms with Crippen molar-refractivity contribution in [3.63, 3.8) is 0 Å². The molecule has 0 radical (unpaired) electrons. The first kappa shape index (κ1) is 12.6. The minimum atomic E-state index is 0.877. The zero-order valence-electron chi connectivity index (χ0n) is 10.4. The molecule has 1 aliphatic heterocycles. The smallest absolute Gasteiger partial charge is 0.0118 e. The molecule has 0 atom stereocenters. The molecule has 0 aliphatic carbocycles. The average molecular weight is 207 g/mol. The third-order valence-corrected chi connectivity index (χ3v) is 3.23. The molecule has 1 fully saturated rings. The van der Waals surface area contributed by atoms with E-state index in [-0.39, 0.29) is 0 Å². The molecule has 1 rings (SSSR count). The lowest BCUT2D eigenvalue weighted by molar-refractivity contribution is 0.184. The highest BCUT2D eigenvalue weighted by atomic mass is 15.1. The Balaban J connectivity index is 2.12. The van der Waals surface area contributed by atoms with Crippen molar-refractivity contribution >= 4 is 0 Å². The second kappa shape index (κ2) is 7.77. The molecule has 15 heavy (non-hydrogen) atoms. The standard InChI is InChI=1S/C14H25N/c1-3-5-7-8-14-9-12-15(13-10-14)11-6-4-2/h14H,3-4,6,8-13H2,1-2H3. The van der Waals surface area contributed by atoms with E-state index in [1.165, 1.54) is 45.3 Å². The number of rotatable bonds is 4. The lowest BCUT2D eigenvalue weighted by Gasteiger charge is -2.31. The van der Waals surface area contributed by atoms with Gasteiger partial charge in [-0.1, -0.05) is 20.3 Å². The van der Waals surface area contributed by atoms with Gasteiger partial charge in [0.2, 0.25) is 0 Å². The highest BCUT2D eigenvalue weighted by molar-refractivity contribution is 4.99. The van der Waals surface area contributed by atoms with Crippen LogP contribution in [0.25, 0.3) is 0 Å². The summed E-state index contributed by atoms with van der Waals surface area (Å²) < 4.78 is 0. The Morgan fingerprint density at radius 2 is 1.87 bits per heavy atom. The van der Waals surface area contributed by atoms with Crippen LogP contribution >= 0.6 is 0 Å². The van der Waals surface area contributed by atoms with Crippen LogP contribution in [-0.2, 0) is 0 Å². The van der Waals surface area contributed by atoms with Crippen molar-refractivity contribution in [1.29, 1.82) is 0 Å². The Morgan fingerprint density at radius 1 is 1.13 bits per heavy atom. The van der Waals surface area contributed by atoms with Gasteiger partial charge in [-0.25, -0.2) is 0 Å². The Kier molecular flexibility index (Phi) is 6.52. The molecule has 0 N–H and O–H groups in total. The monoisotopic (exact) mass is 207 g/mol. The van der Waals surface area contributed by atoms with E-state index in [0.29, 0.717) is 0 Å². The molecule has 0 aromatic rings. The van der Waals surface area contributed by atoms with Gasteiger partial charge in [-0.2, -0.15) is 0 Å². The number of hydrogen-bond donors (Lipinski definition) is 0. The maximum atomic E-state index is 3.29. The van der Waals surface area contributed by atoms with Gasteiger partial charge in [0.1, 0.15) is 0 Å². The summed E-state index contributed by atoms with van der Waals surface area (Å²) in [7, 11) is 0. The van der Waals surface area contributed by atoms with Gasteiger partial charge in [0.15, 0.2) is 0 Å². The summed E-state index contributed by atoms with van der Waals surface area (Å²) in [6.07, 6.45) is 7.55. The van der Waals surface area contributed by atoms with Crippen LogP contribution in [0.3, 0.4) is 0 Å². The molecule has 0 saturated carbocycles. The molecule has 1 nitrogen and oxygen atoms in total. The van der Waals surface area contributed by atoms with Crippen LogP contribution in [-0.4, -0.2) is 24.5 Å². The molecule has 1 heterocycles. The van der Waals surface area contributed by atoms with E-state index in [1.54, 1.807) is 0 Å². The molecule has 1 heteroatoms. The van der Waals surface area contributed by atoms with Gasteiger partial charge in [0.25, 0.3) is 0 Å². The summed E-state index contributed by atoms with van der Waals surface area (Å²) in [4.78, 5) is 2.62. The number of likely N-dealkylation sites (tertiary alicyclic amines) is 1. The van der Waals surface area contributed by atoms with E-state index in [1.807, 2.05) is 0 Å². The molecular formula is C14H25N. The van der Waals surface area contributed by atoms with Crippen LogP contribution in [0.2, 0.25) is 0 Å². The first-order valence-electron chi connectivity index (χ1n) is 6.54. The van der Waals surface area contributed by atoms with Crippen molar-refractivity contribution in [3.05, 3.63) is 0 Å². The van der Waals surface area contributed by atoms with Crippen molar-refractivity contribution in [2.45, 2.75) is 52.4 Å². The second-order valence-corrected chi connectivity index (χ2v) is 4.55. The molecule has 1 saturated heterocycles. The summed E-state index contributed by atoms with van der Waals surface area (Å²) >= 11 is 0. The highest BCUT2D eigenvalue weighted by Gasteiger charge is 2.17. The Hall–Kier alpha value is -0.480. The van der Waals surface area contributed by atoms with Crippen molar-refractivity contribution in [2.24, 2.45) is 5.92 Å². The number of nitrogens with zero attached hydrogens (tertiary/aromatic N) is 1. The lowest BCUT2D eigenvalue weighted by Crippen LogP contribution is -2.34. The van der Waals surface area contributed by atoms with E-state index < -0.39 is 0 Å². The number of unbranched alkanes of at least 4 members (excludes halogenated alkanes) is 1. The van der Waals surface area contributed by atoms with Gasteiger partial charge in [0.05, 0.1) is 0 Å². The second-order valence-electron chi connectivity index (χ2n) is 4.55. The van der Waals surface area contributed by atoms with Gasteiger partial charge >= 0.3 is 0 Å². The minimum Gasteiger partial charge on any atom is -0.303 e. The van der Waals surface area contributed by atoms with Crippen LogP contribution in [0.4, 0.5) is 0 Å². The van der Waals surface area contributed by atoms with Gasteiger partial charge < -0.3 is 4.90 Å². The van der Waals surface area contributed by atoms with Crippen LogP contribution in [0.1, 0.15) is 52.4 Å². The summed E-state index contributed by atoms with van der Waals surface area (Å²) in [5.41, 5.74) is 0. The predicted octanol–water partition coefficient (Wildman–Crippen LogP) is 3.30. The first-order chi connectivity index (χ1) is 7.36. The van der Waals surface area contributed by atoms with Gasteiger partial charge in [0, 0.05) is 12.8 Å². The van der Waals surface area contributed by atoms with Crippen LogP contribution < -0.4 is 0 Å². The quantitative estimate of drug-likeness (QED) is 0.639. The van der Waals surface area contributed by atoms with Crippen LogP contribution in [0.15, 0.2) is 0 Å². The molecular weight excluding hydrogens is 182 g/mol. The zero-order chi connectivity index (χ0) is 10.9. The SMILES string of the molecule is CCC#CCC1CCN(CCCC)CC1. The van der Waals surface area contributed by atoms with Gasteiger partial charge in [-0.3, -0.25) is 0 Å². The summed E-state index contributed by atoms with van der Waals surface area (Å²) in [6.45, 7) is 8.31. The maximum absolute atomic E-state index is 3.29. The van der Waals surface area contributed by atoms with Crippen LogP contribution in [0.5, 0.6) is 0 Å². The van der Waals surface area contributed by atoms with E-state index in [0.717, 1.165) is 18.8 Å². The summed E-state index contributed by atoms with van der Waals surface area (Å²) in [5.74, 6) is 7.35. The van der Waals surface area contributed by atoms with Gasteiger partial charge in [-0.15, -0.1) is 11.8 Å². The van der Waals surface area contributed by atoms with Crippen molar-refractivity contribution < 1.29 is 0 Å². The fraction of sp³-hybridized carbons (Fsp3) is 0.857. The van der Waals surface area contributed by atoms with Crippen LogP contribution in [0, 0.1) is 17.8 Å². The van der Waals surface area contributed by atoms with E-state index in [2.05, 4.69) is 30.6 Å². The normalized spacial score (nSPS) is 18.5. The minimum absolute atomic E-state index is 0.877. The Morgan fingerprint density at radius 3 is 2.47 bits per heavy atom.